The summed E-state index contributed by atoms with van der Waals surface area (Å²) >= 11 is 0. The molecule has 3 heteroatoms. The molecule has 0 saturated heterocycles. The van der Waals surface area contributed by atoms with Gasteiger partial charge in [-0.05, 0) is 39.2 Å². The smallest absolute Gasteiger partial charge is 0.0688 e. The van der Waals surface area contributed by atoms with Gasteiger partial charge in [0.05, 0.1) is 18.3 Å². The van der Waals surface area contributed by atoms with Crippen LogP contribution in [0.5, 0.6) is 0 Å². The molecule has 19 heavy (non-hydrogen) atoms. The van der Waals surface area contributed by atoms with Crippen LogP contribution in [0.3, 0.4) is 0 Å². The van der Waals surface area contributed by atoms with Crippen molar-refractivity contribution < 1.29 is 5.11 Å². The zero-order valence-electron chi connectivity index (χ0n) is 10.2. The van der Waals surface area contributed by atoms with Crippen LogP contribution < -0.4 is 0 Å². The molecule has 3 nitrogen and oxygen atoms in total. The van der Waals surface area contributed by atoms with Gasteiger partial charge in [-0.2, -0.15) is 5.10 Å². The van der Waals surface area contributed by atoms with Gasteiger partial charge >= 0.3 is 0 Å². The largest absolute Gasteiger partial charge is 0.392 e. The molecule has 0 aliphatic carbocycles. The van der Waals surface area contributed by atoms with Crippen molar-refractivity contribution in [2.24, 2.45) is 0 Å². The molecular formula is C16H12N2O. The highest BCUT2D eigenvalue weighted by atomic mass is 16.3. The van der Waals surface area contributed by atoms with Crippen molar-refractivity contribution in [1.82, 2.24) is 10.2 Å². The number of H-pyrrole nitrogens is 1. The molecule has 0 amide bonds. The fourth-order valence-corrected chi connectivity index (χ4v) is 2.76. The zero-order chi connectivity index (χ0) is 12.8. The molecule has 0 aliphatic rings. The molecule has 0 spiro atoms. The lowest BCUT2D eigenvalue weighted by molar-refractivity contribution is 0.283. The molecule has 0 aliphatic heterocycles. The van der Waals surface area contributed by atoms with Crippen molar-refractivity contribution in [3.63, 3.8) is 0 Å². The van der Waals surface area contributed by atoms with E-state index in [1.807, 2.05) is 18.3 Å². The fourth-order valence-electron chi connectivity index (χ4n) is 2.76. The molecule has 0 fully saturated rings. The minimum Gasteiger partial charge on any atom is -0.392 e. The topological polar surface area (TPSA) is 48.9 Å². The van der Waals surface area contributed by atoms with Gasteiger partial charge in [0.15, 0.2) is 0 Å². The van der Waals surface area contributed by atoms with Crippen LogP contribution in [0.25, 0.3) is 32.4 Å². The standard InChI is InChI=1S/C16H12N2O/c19-9-12-3-1-2-10-4-5-11-7-15-13(8-17-18-15)6-14(11)16(10)12/h1-8,19H,9H2,(H,17,18). The number of hydrogen-bond acceptors (Lipinski definition) is 2. The summed E-state index contributed by atoms with van der Waals surface area (Å²) in [6.45, 7) is 0.0554. The average Bonchev–Trinajstić information content (AvgIpc) is 2.91. The average molecular weight is 248 g/mol. The first-order valence-electron chi connectivity index (χ1n) is 6.25. The van der Waals surface area contributed by atoms with Crippen molar-refractivity contribution in [3.8, 4) is 0 Å². The van der Waals surface area contributed by atoms with E-state index in [1.54, 1.807) is 0 Å². The van der Waals surface area contributed by atoms with Gasteiger partial charge < -0.3 is 5.11 Å². The monoisotopic (exact) mass is 248 g/mol. The molecule has 0 atom stereocenters. The van der Waals surface area contributed by atoms with Crippen molar-refractivity contribution in [1.29, 1.82) is 0 Å². The van der Waals surface area contributed by atoms with E-state index in [0.29, 0.717) is 0 Å². The summed E-state index contributed by atoms with van der Waals surface area (Å²) in [6.07, 6.45) is 1.83. The van der Waals surface area contributed by atoms with E-state index >= 15 is 0 Å². The molecule has 3 aromatic carbocycles. The number of rotatable bonds is 1. The Morgan fingerprint density at radius 3 is 2.79 bits per heavy atom. The third-order valence-electron chi connectivity index (χ3n) is 3.68. The van der Waals surface area contributed by atoms with Crippen LogP contribution in [-0.4, -0.2) is 15.3 Å². The molecule has 0 saturated carbocycles. The Balaban J connectivity index is 2.27. The Labute approximate surface area is 109 Å². The van der Waals surface area contributed by atoms with E-state index in [2.05, 4.69) is 40.5 Å². The van der Waals surface area contributed by atoms with Crippen molar-refractivity contribution >= 4 is 32.4 Å². The second-order valence-electron chi connectivity index (χ2n) is 4.77. The van der Waals surface area contributed by atoms with E-state index in [4.69, 9.17) is 0 Å². The predicted octanol–water partition coefficient (Wildman–Crippen LogP) is 3.36. The number of aromatic nitrogens is 2. The molecule has 0 unspecified atom stereocenters. The summed E-state index contributed by atoms with van der Waals surface area (Å²) in [6, 6.07) is 14.5. The van der Waals surface area contributed by atoms with Gasteiger partial charge in [0.1, 0.15) is 0 Å². The number of fused-ring (bicyclic) bond motifs is 4. The van der Waals surface area contributed by atoms with Crippen LogP contribution in [0.1, 0.15) is 5.56 Å². The fraction of sp³-hybridized carbons (Fsp3) is 0.0625. The minimum atomic E-state index is 0.0554. The number of aliphatic hydroxyl groups excluding tert-OH is 1. The Bertz CT molecular complexity index is 908. The molecule has 1 aromatic heterocycles. The van der Waals surface area contributed by atoms with E-state index in [1.165, 1.54) is 0 Å². The van der Waals surface area contributed by atoms with Crippen LogP contribution >= 0.6 is 0 Å². The lowest BCUT2D eigenvalue weighted by Crippen LogP contribution is -1.87. The molecule has 0 radical (unpaired) electrons. The Hall–Kier alpha value is -2.39. The van der Waals surface area contributed by atoms with E-state index in [9.17, 15) is 5.11 Å². The molecule has 4 rings (SSSR count). The maximum atomic E-state index is 9.55. The summed E-state index contributed by atoms with van der Waals surface area (Å²) < 4.78 is 0. The van der Waals surface area contributed by atoms with Gasteiger partial charge in [0.2, 0.25) is 0 Å². The van der Waals surface area contributed by atoms with Gasteiger partial charge in [-0.3, -0.25) is 5.10 Å². The van der Waals surface area contributed by atoms with Crippen molar-refractivity contribution in [2.45, 2.75) is 6.61 Å². The van der Waals surface area contributed by atoms with Gasteiger partial charge in [-0.25, -0.2) is 0 Å². The third kappa shape index (κ3) is 1.45. The maximum absolute atomic E-state index is 9.55. The van der Waals surface area contributed by atoms with Crippen LogP contribution in [0.15, 0.2) is 48.7 Å². The minimum absolute atomic E-state index is 0.0554. The van der Waals surface area contributed by atoms with Gasteiger partial charge in [-0.15, -0.1) is 0 Å². The SMILES string of the molecule is OCc1cccc2ccc3cc4[nH]ncc4cc3c12. The highest BCUT2D eigenvalue weighted by molar-refractivity contribution is 6.12. The molecule has 0 bridgehead atoms. The Morgan fingerprint density at radius 1 is 1.00 bits per heavy atom. The van der Waals surface area contributed by atoms with Gasteiger partial charge in [0, 0.05) is 5.39 Å². The Morgan fingerprint density at radius 2 is 1.89 bits per heavy atom. The second kappa shape index (κ2) is 3.80. The predicted molar refractivity (Wildman–Crippen MR) is 77.0 cm³/mol. The normalized spacial score (nSPS) is 11.6. The number of benzene rings is 3. The lowest BCUT2D eigenvalue weighted by Gasteiger charge is -2.08. The van der Waals surface area contributed by atoms with E-state index in [-0.39, 0.29) is 6.61 Å². The first-order valence-corrected chi connectivity index (χ1v) is 6.25. The number of nitrogens with one attached hydrogen (secondary N) is 1. The quantitative estimate of drug-likeness (QED) is 0.507. The van der Waals surface area contributed by atoms with Crippen molar-refractivity contribution in [3.05, 3.63) is 54.2 Å². The number of aliphatic hydroxyl groups is 1. The molecule has 92 valence electrons. The zero-order valence-corrected chi connectivity index (χ0v) is 10.2. The number of aromatic amines is 1. The maximum Gasteiger partial charge on any atom is 0.0688 e. The molecule has 4 aromatic rings. The lowest BCUT2D eigenvalue weighted by atomic mass is 9.97. The summed E-state index contributed by atoms with van der Waals surface area (Å²) in [7, 11) is 0. The summed E-state index contributed by atoms with van der Waals surface area (Å²) in [5, 5.41) is 22.3. The third-order valence-corrected chi connectivity index (χ3v) is 3.68. The number of nitrogens with zero attached hydrogens (tertiary/aromatic N) is 1. The molecule has 2 N–H and O–H groups in total. The summed E-state index contributed by atoms with van der Waals surface area (Å²) in [5.41, 5.74) is 2.00. The second-order valence-corrected chi connectivity index (χ2v) is 4.77. The highest BCUT2D eigenvalue weighted by Crippen LogP contribution is 2.31. The van der Waals surface area contributed by atoms with E-state index < -0.39 is 0 Å². The first kappa shape index (κ1) is 10.5. The molecule has 1 heterocycles. The first-order chi connectivity index (χ1) is 9.36. The number of hydrogen-bond donors (Lipinski definition) is 2. The summed E-state index contributed by atoms with van der Waals surface area (Å²) in [4.78, 5) is 0. The highest BCUT2D eigenvalue weighted by Gasteiger charge is 2.07. The van der Waals surface area contributed by atoms with Gasteiger partial charge in [0.25, 0.3) is 0 Å². The van der Waals surface area contributed by atoms with Crippen LogP contribution in [-0.2, 0) is 6.61 Å². The van der Waals surface area contributed by atoms with Crippen LogP contribution in [0, 0.1) is 0 Å². The van der Waals surface area contributed by atoms with Crippen LogP contribution in [0.2, 0.25) is 0 Å². The van der Waals surface area contributed by atoms with E-state index in [0.717, 1.165) is 38.0 Å². The Kier molecular flexibility index (Phi) is 2.11. The van der Waals surface area contributed by atoms with Crippen LogP contribution in [0.4, 0.5) is 0 Å². The molecular weight excluding hydrogens is 236 g/mol. The van der Waals surface area contributed by atoms with Crippen molar-refractivity contribution in [2.75, 3.05) is 0 Å². The summed E-state index contributed by atoms with van der Waals surface area (Å²) in [5.74, 6) is 0. The van der Waals surface area contributed by atoms with Gasteiger partial charge in [-0.1, -0.05) is 30.3 Å².